The van der Waals surface area contributed by atoms with E-state index >= 15 is 0 Å². The number of hydrogen-bond acceptors (Lipinski definition) is 3. The number of H-pyrrole nitrogens is 1. The summed E-state index contributed by atoms with van der Waals surface area (Å²) in [7, 11) is 0. The van der Waals surface area contributed by atoms with Crippen LogP contribution in [-0.2, 0) is 4.79 Å². The average Bonchev–Trinajstić information content (AvgIpc) is 2.83. The number of para-hydroxylation sites is 1. The summed E-state index contributed by atoms with van der Waals surface area (Å²) < 4.78 is 0. The van der Waals surface area contributed by atoms with Crippen molar-refractivity contribution in [3.8, 4) is 0 Å². The number of anilines is 1. The van der Waals surface area contributed by atoms with Crippen LogP contribution in [0.25, 0.3) is 6.08 Å². The molecule has 0 saturated carbocycles. The second-order valence-electron chi connectivity index (χ2n) is 4.96. The number of Topliss-reactive ketones (excluding diaryl/α,β-unsaturated/α-hetero) is 1. The van der Waals surface area contributed by atoms with E-state index in [9.17, 15) is 19.5 Å². The van der Waals surface area contributed by atoms with E-state index in [1.54, 1.807) is 31.2 Å². The minimum atomic E-state index is -1.19. The quantitative estimate of drug-likeness (QED) is 0.584. The van der Waals surface area contributed by atoms with Crippen LogP contribution in [0.2, 0.25) is 0 Å². The Kier molecular flexibility index (Phi) is 4.75. The second kappa shape index (κ2) is 6.74. The Morgan fingerprint density at radius 2 is 1.83 bits per heavy atom. The highest BCUT2D eigenvalue weighted by Crippen LogP contribution is 2.21. The van der Waals surface area contributed by atoms with Gasteiger partial charge in [-0.15, -0.1) is 0 Å². The van der Waals surface area contributed by atoms with Gasteiger partial charge in [-0.25, -0.2) is 4.79 Å². The summed E-state index contributed by atoms with van der Waals surface area (Å²) in [5.41, 5.74) is 1.43. The minimum Gasteiger partial charge on any atom is -0.477 e. The summed E-state index contributed by atoms with van der Waals surface area (Å²) in [6.45, 7) is 2.97. The molecule has 2 aromatic rings. The van der Waals surface area contributed by atoms with Crippen molar-refractivity contribution >= 4 is 29.4 Å². The molecule has 0 aliphatic rings. The number of aryl methyl sites for hydroxylation is 1. The van der Waals surface area contributed by atoms with Gasteiger partial charge in [-0.1, -0.05) is 18.2 Å². The van der Waals surface area contributed by atoms with Gasteiger partial charge in [-0.2, -0.15) is 0 Å². The molecular weight excluding hydrogens is 296 g/mol. The molecule has 118 valence electrons. The molecule has 2 rings (SSSR count). The monoisotopic (exact) mass is 312 g/mol. The van der Waals surface area contributed by atoms with Crippen molar-refractivity contribution in [3.63, 3.8) is 0 Å². The molecule has 0 radical (unpaired) electrons. The maximum absolute atomic E-state index is 11.9. The van der Waals surface area contributed by atoms with E-state index in [1.807, 2.05) is 6.07 Å². The highest BCUT2D eigenvalue weighted by atomic mass is 16.4. The van der Waals surface area contributed by atoms with E-state index in [0.29, 0.717) is 11.4 Å². The standard InChI is InChI=1S/C17H16N2O4/c1-10-15(11(2)20)13(16(18-10)17(22)23)8-9-14(21)19-12-6-4-3-5-7-12/h3-9,18H,1-2H3,(H,19,21)(H,22,23)/b9-8+. The van der Waals surface area contributed by atoms with E-state index < -0.39 is 11.9 Å². The Morgan fingerprint density at radius 1 is 1.17 bits per heavy atom. The Morgan fingerprint density at radius 3 is 2.39 bits per heavy atom. The van der Waals surface area contributed by atoms with Crippen molar-refractivity contribution < 1.29 is 19.5 Å². The smallest absolute Gasteiger partial charge is 0.352 e. The van der Waals surface area contributed by atoms with E-state index in [2.05, 4.69) is 10.3 Å². The first-order valence-corrected chi connectivity index (χ1v) is 6.91. The zero-order chi connectivity index (χ0) is 17.0. The third-order valence-electron chi connectivity index (χ3n) is 3.23. The third-order valence-corrected chi connectivity index (χ3v) is 3.23. The first-order valence-electron chi connectivity index (χ1n) is 6.91. The molecule has 6 nitrogen and oxygen atoms in total. The zero-order valence-electron chi connectivity index (χ0n) is 12.7. The SMILES string of the molecule is CC(=O)c1c(C)[nH]c(C(=O)O)c1/C=C/C(=O)Nc1ccccc1. The summed E-state index contributed by atoms with van der Waals surface area (Å²) in [6.07, 6.45) is 2.54. The Hall–Kier alpha value is -3.15. The van der Waals surface area contributed by atoms with E-state index in [-0.39, 0.29) is 22.6 Å². The molecule has 0 aliphatic carbocycles. The molecule has 0 bridgehead atoms. The van der Waals surface area contributed by atoms with Crippen LogP contribution < -0.4 is 5.32 Å². The van der Waals surface area contributed by atoms with Crippen molar-refractivity contribution in [2.45, 2.75) is 13.8 Å². The molecule has 0 aliphatic heterocycles. The fourth-order valence-electron chi connectivity index (χ4n) is 2.30. The van der Waals surface area contributed by atoms with Gasteiger partial charge in [-0.05, 0) is 32.1 Å². The molecule has 1 aromatic heterocycles. The van der Waals surface area contributed by atoms with Crippen LogP contribution in [0.4, 0.5) is 5.69 Å². The van der Waals surface area contributed by atoms with Crippen LogP contribution in [0.3, 0.4) is 0 Å². The Bertz CT molecular complexity index is 788. The lowest BCUT2D eigenvalue weighted by Gasteiger charge is -2.01. The van der Waals surface area contributed by atoms with Crippen molar-refractivity contribution in [2.75, 3.05) is 5.32 Å². The minimum absolute atomic E-state index is 0.114. The predicted octanol–water partition coefficient (Wildman–Crippen LogP) is 2.88. The normalized spacial score (nSPS) is 10.7. The summed E-state index contributed by atoms with van der Waals surface area (Å²) in [5, 5.41) is 11.9. The van der Waals surface area contributed by atoms with Gasteiger partial charge in [0.1, 0.15) is 5.69 Å². The lowest BCUT2D eigenvalue weighted by Crippen LogP contribution is -2.08. The molecule has 0 saturated heterocycles. The second-order valence-corrected chi connectivity index (χ2v) is 4.96. The summed E-state index contributed by atoms with van der Waals surface area (Å²) in [6, 6.07) is 8.86. The Labute approximate surface area is 132 Å². The molecule has 0 fully saturated rings. The number of carboxylic acids is 1. The maximum Gasteiger partial charge on any atom is 0.352 e. The first-order chi connectivity index (χ1) is 10.9. The van der Waals surface area contributed by atoms with E-state index in [0.717, 1.165) is 0 Å². The number of ketones is 1. The number of rotatable bonds is 5. The van der Waals surface area contributed by atoms with Gasteiger partial charge in [0.05, 0.1) is 0 Å². The summed E-state index contributed by atoms with van der Waals surface area (Å²) in [5.74, 6) is -1.88. The fraction of sp³-hybridized carbons (Fsp3) is 0.118. The largest absolute Gasteiger partial charge is 0.477 e. The molecule has 0 spiro atoms. The number of carbonyl (C=O) groups is 3. The molecule has 1 aromatic carbocycles. The predicted molar refractivity (Wildman–Crippen MR) is 86.6 cm³/mol. The Balaban J connectivity index is 2.29. The van der Waals surface area contributed by atoms with Gasteiger partial charge in [0, 0.05) is 28.6 Å². The van der Waals surface area contributed by atoms with Gasteiger partial charge >= 0.3 is 5.97 Å². The molecule has 23 heavy (non-hydrogen) atoms. The molecule has 1 heterocycles. The van der Waals surface area contributed by atoms with Crippen LogP contribution in [0.1, 0.15) is 39.0 Å². The number of hydrogen-bond donors (Lipinski definition) is 3. The van der Waals surface area contributed by atoms with Crippen LogP contribution in [-0.4, -0.2) is 27.8 Å². The molecule has 0 unspecified atom stereocenters. The van der Waals surface area contributed by atoms with E-state index in [4.69, 9.17) is 0 Å². The zero-order valence-corrected chi connectivity index (χ0v) is 12.7. The molecule has 1 amide bonds. The molecule has 3 N–H and O–H groups in total. The third kappa shape index (κ3) is 3.74. The van der Waals surface area contributed by atoms with Gasteiger partial charge in [0.25, 0.3) is 0 Å². The number of benzene rings is 1. The number of aromatic amines is 1. The number of carbonyl (C=O) groups excluding carboxylic acids is 2. The summed E-state index contributed by atoms with van der Waals surface area (Å²) in [4.78, 5) is 37.6. The number of amides is 1. The van der Waals surface area contributed by atoms with E-state index in [1.165, 1.54) is 19.1 Å². The highest BCUT2D eigenvalue weighted by Gasteiger charge is 2.20. The van der Waals surface area contributed by atoms with Crippen molar-refractivity contribution in [3.05, 3.63) is 58.9 Å². The topological polar surface area (TPSA) is 99.3 Å². The molecular formula is C17H16N2O4. The van der Waals surface area contributed by atoms with Gasteiger partial charge in [-0.3, -0.25) is 9.59 Å². The summed E-state index contributed by atoms with van der Waals surface area (Å²) >= 11 is 0. The number of aromatic carboxylic acids is 1. The van der Waals surface area contributed by atoms with Crippen molar-refractivity contribution in [2.24, 2.45) is 0 Å². The van der Waals surface area contributed by atoms with Gasteiger partial charge < -0.3 is 15.4 Å². The van der Waals surface area contributed by atoms with Crippen molar-refractivity contribution in [1.29, 1.82) is 0 Å². The number of nitrogens with one attached hydrogen (secondary N) is 2. The number of aromatic nitrogens is 1. The number of carboxylic acid groups (broad SMARTS) is 1. The first kappa shape index (κ1) is 16.2. The average molecular weight is 312 g/mol. The maximum atomic E-state index is 11.9. The van der Waals surface area contributed by atoms with Gasteiger partial charge in [0.2, 0.25) is 5.91 Å². The van der Waals surface area contributed by atoms with Crippen LogP contribution in [0, 0.1) is 6.92 Å². The van der Waals surface area contributed by atoms with Crippen LogP contribution in [0.5, 0.6) is 0 Å². The highest BCUT2D eigenvalue weighted by molar-refractivity contribution is 6.07. The fourth-order valence-corrected chi connectivity index (χ4v) is 2.30. The van der Waals surface area contributed by atoms with Gasteiger partial charge in [0.15, 0.2) is 5.78 Å². The molecule has 0 atom stereocenters. The lowest BCUT2D eigenvalue weighted by atomic mass is 10.0. The van der Waals surface area contributed by atoms with Crippen molar-refractivity contribution in [1.82, 2.24) is 4.98 Å². The molecule has 6 heteroatoms. The van der Waals surface area contributed by atoms with Crippen LogP contribution >= 0.6 is 0 Å². The van der Waals surface area contributed by atoms with Crippen LogP contribution in [0.15, 0.2) is 36.4 Å². The lowest BCUT2D eigenvalue weighted by molar-refractivity contribution is -0.111.